The Labute approximate surface area is 90.6 Å². The molecule has 7 nitrogen and oxygen atoms in total. The van der Waals surface area contributed by atoms with Gasteiger partial charge in [-0.25, -0.2) is 0 Å². The number of nitro benzene ring substituents is 2. The average Bonchev–Trinajstić information content (AvgIpc) is 2.16. The molecule has 0 saturated carbocycles. The Bertz CT molecular complexity index is 420. The van der Waals surface area contributed by atoms with E-state index >= 15 is 0 Å². The molecule has 0 heterocycles. The molecule has 0 amide bonds. The Balaban J connectivity index is 3.51. The summed E-state index contributed by atoms with van der Waals surface area (Å²) >= 11 is 0. The lowest BCUT2D eigenvalue weighted by molar-refractivity contribution is -0.396. The molecular weight excluding hydrogens is 216 g/mol. The molecule has 1 rings (SSSR count). The van der Waals surface area contributed by atoms with Gasteiger partial charge < -0.3 is 5.11 Å². The van der Waals surface area contributed by atoms with E-state index in [1.165, 1.54) is 0 Å². The Kier molecular flexibility index (Phi) is 3.07. The topological polar surface area (TPSA) is 107 Å². The smallest absolute Gasteiger partial charge is 0.318 e. The number of nitrogens with zero attached hydrogens (tertiary/aromatic N) is 2. The van der Waals surface area contributed by atoms with Gasteiger partial charge in [-0.15, -0.1) is 0 Å². The van der Waals surface area contributed by atoms with Crippen molar-refractivity contribution in [3.05, 3.63) is 37.9 Å². The zero-order valence-electron chi connectivity index (χ0n) is 8.71. The van der Waals surface area contributed by atoms with Crippen molar-refractivity contribution in [2.45, 2.75) is 19.8 Å². The van der Waals surface area contributed by atoms with Crippen LogP contribution in [0.5, 0.6) is 5.75 Å². The maximum Gasteiger partial charge on any atom is 0.318 e. The molecule has 0 aliphatic carbocycles. The van der Waals surface area contributed by atoms with Crippen molar-refractivity contribution in [2.75, 3.05) is 0 Å². The summed E-state index contributed by atoms with van der Waals surface area (Å²) in [5, 5.41) is 30.5. The van der Waals surface area contributed by atoms with E-state index in [2.05, 4.69) is 0 Å². The van der Waals surface area contributed by atoms with Crippen LogP contribution in [0.4, 0.5) is 11.4 Å². The summed E-state index contributed by atoms with van der Waals surface area (Å²) in [4.78, 5) is 19.5. The molecule has 0 saturated heterocycles. The van der Waals surface area contributed by atoms with Crippen molar-refractivity contribution in [3.63, 3.8) is 0 Å². The largest absolute Gasteiger partial charge is 0.497 e. The second-order valence-corrected chi connectivity index (χ2v) is 3.58. The molecule has 0 bridgehead atoms. The molecule has 0 radical (unpaired) electrons. The van der Waals surface area contributed by atoms with Crippen LogP contribution in [0.25, 0.3) is 0 Å². The van der Waals surface area contributed by atoms with Gasteiger partial charge in [0.15, 0.2) is 0 Å². The summed E-state index contributed by atoms with van der Waals surface area (Å²) in [6, 6.07) is 2.29. The molecule has 1 aromatic rings. The van der Waals surface area contributed by atoms with E-state index in [4.69, 9.17) is 0 Å². The maximum absolute atomic E-state index is 10.6. The van der Waals surface area contributed by atoms with Crippen LogP contribution in [-0.4, -0.2) is 15.0 Å². The SMILES string of the molecule is CC(C)c1cc([N+](=O)[O-])c(O)c([N+](=O)[O-])c1. The Morgan fingerprint density at radius 2 is 1.50 bits per heavy atom. The van der Waals surface area contributed by atoms with Gasteiger partial charge in [0.25, 0.3) is 5.75 Å². The minimum Gasteiger partial charge on any atom is -0.497 e. The molecule has 1 aromatic carbocycles. The normalized spacial score (nSPS) is 10.4. The highest BCUT2D eigenvalue weighted by atomic mass is 16.6. The standard InChI is InChI=1S/C9H10N2O5/c1-5(2)6-3-7(10(13)14)9(12)8(4-6)11(15)16/h3-5,12H,1-2H3. The highest BCUT2D eigenvalue weighted by Gasteiger charge is 2.26. The summed E-state index contributed by atoms with van der Waals surface area (Å²) in [7, 11) is 0. The molecule has 16 heavy (non-hydrogen) atoms. The predicted molar refractivity (Wildman–Crippen MR) is 55.5 cm³/mol. The van der Waals surface area contributed by atoms with Crippen molar-refractivity contribution in [1.82, 2.24) is 0 Å². The first-order valence-corrected chi connectivity index (χ1v) is 4.50. The van der Waals surface area contributed by atoms with Gasteiger partial charge in [-0.2, -0.15) is 0 Å². The summed E-state index contributed by atoms with van der Waals surface area (Å²) in [6.07, 6.45) is 0. The minimum absolute atomic E-state index is 0.0991. The summed E-state index contributed by atoms with van der Waals surface area (Å²) < 4.78 is 0. The van der Waals surface area contributed by atoms with Gasteiger partial charge in [0.05, 0.1) is 9.85 Å². The number of hydrogen-bond acceptors (Lipinski definition) is 5. The fraction of sp³-hybridized carbons (Fsp3) is 0.333. The van der Waals surface area contributed by atoms with Crippen molar-refractivity contribution in [1.29, 1.82) is 0 Å². The quantitative estimate of drug-likeness (QED) is 0.628. The van der Waals surface area contributed by atoms with Crippen LogP contribution in [0.2, 0.25) is 0 Å². The van der Waals surface area contributed by atoms with Crippen molar-refractivity contribution in [2.24, 2.45) is 0 Å². The van der Waals surface area contributed by atoms with Crippen LogP contribution in [0.3, 0.4) is 0 Å². The van der Waals surface area contributed by atoms with Crippen LogP contribution >= 0.6 is 0 Å². The minimum atomic E-state index is -0.903. The van der Waals surface area contributed by atoms with Crippen molar-refractivity contribution < 1.29 is 15.0 Å². The van der Waals surface area contributed by atoms with E-state index < -0.39 is 27.0 Å². The molecule has 0 fully saturated rings. The van der Waals surface area contributed by atoms with Crippen LogP contribution in [0.1, 0.15) is 25.3 Å². The number of nitro groups is 2. The van der Waals surface area contributed by atoms with E-state index in [0.29, 0.717) is 5.56 Å². The first kappa shape index (κ1) is 11.9. The first-order valence-electron chi connectivity index (χ1n) is 4.50. The average molecular weight is 226 g/mol. The molecule has 0 aliphatic heterocycles. The van der Waals surface area contributed by atoms with Gasteiger partial charge >= 0.3 is 11.4 Å². The number of hydrogen-bond donors (Lipinski definition) is 1. The van der Waals surface area contributed by atoms with Gasteiger partial charge in [-0.05, 0) is 11.5 Å². The van der Waals surface area contributed by atoms with E-state index in [1.54, 1.807) is 13.8 Å². The van der Waals surface area contributed by atoms with Crippen LogP contribution in [0, 0.1) is 20.2 Å². The molecule has 1 N–H and O–H groups in total. The Morgan fingerprint density at radius 3 is 1.75 bits per heavy atom. The highest BCUT2D eigenvalue weighted by molar-refractivity contribution is 5.61. The van der Waals surface area contributed by atoms with Gasteiger partial charge in [-0.1, -0.05) is 13.8 Å². The number of benzene rings is 1. The van der Waals surface area contributed by atoms with Gasteiger partial charge in [0.2, 0.25) is 0 Å². The van der Waals surface area contributed by atoms with Crippen molar-refractivity contribution >= 4 is 11.4 Å². The van der Waals surface area contributed by atoms with E-state index in [9.17, 15) is 25.3 Å². The number of phenols is 1. The lowest BCUT2D eigenvalue weighted by Crippen LogP contribution is -1.98. The molecule has 0 aliphatic rings. The lowest BCUT2D eigenvalue weighted by atomic mass is 10.0. The molecule has 0 unspecified atom stereocenters. The molecule has 7 heteroatoms. The molecular formula is C9H10N2O5. The van der Waals surface area contributed by atoms with Gasteiger partial charge in [0, 0.05) is 12.1 Å². The lowest BCUT2D eigenvalue weighted by Gasteiger charge is -2.06. The fourth-order valence-corrected chi connectivity index (χ4v) is 1.24. The second kappa shape index (κ2) is 4.13. The highest BCUT2D eigenvalue weighted by Crippen LogP contribution is 2.38. The van der Waals surface area contributed by atoms with Crippen LogP contribution in [-0.2, 0) is 0 Å². The number of rotatable bonds is 3. The van der Waals surface area contributed by atoms with E-state index in [1.807, 2.05) is 0 Å². The summed E-state index contributed by atoms with van der Waals surface area (Å²) in [6.45, 7) is 3.50. The van der Waals surface area contributed by atoms with Gasteiger partial charge in [-0.3, -0.25) is 20.2 Å². The molecule has 0 spiro atoms. The number of aromatic hydroxyl groups is 1. The third-order valence-electron chi connectivity index (χ3n) is 2.15. The van der Waals surface area contributed by atoms with E-state index in [0.717, 1.165) is 12.1 Å². The summed E-state index contributed by atoms with van der Waals surface area (Å²) in [5.74, 6) is -1.00. The third kappa shape index (κ3) is 2.08. The summed E-state index contributed by atoms with van der Waals surface area (Å²) in [5.41, 5.74) is -0.841. The van der Waals surface area contributed by atoms with Gasteiger partial charge in [0.1, 0.15) is 0 Å². The number of phenolic OH excluding ortho intramolecular Hbond substituents is 1. The zero-order valence-corrected chi connectivity index (χ0v) is 8.71. The molecule has 0 aromatic heterocycles. The maximum atomic E-state index is 10.6. The monoisotopic (exact) mass is 226 g/mol. The first-order chi connectivity index (χ1) is 7.34. The zero-order chi connectivity index (χ0) is 12.5. The van der Waals surface area contributed by atoms with E-state index in [-0.39, 0.29) is 5.92 Å². The molecule has 86 valence electrons. The van der Waals surface area contributed by atoms with Crippen molar-refractivity contribution in [3.8, 4) is 5.75 Å². The van der Waals surface area contributed by atoms with Crippen LogP contribution < -0.4 is 0 Å². The van der Waals surface area contributed by atoms with Crippen LogP contribution in [0.15, 0.2) is 12.1 Å². The molecule has 0 atom stereocenters. The fourth-order valence-electron chi connectivity index (χ4n) is 1.24. The Hall–Kier alpha value is -2.18. The second-order valence-electron chi connectivity index (χ2n) is 3.58. The predicted octanol–water partition coefficient (Wildman–Crippen LogP) is 2.33. The Morgan fingerprint density at radius 1 is 1.12 bits per heavy atom. The third-order valence-corrected chi connectivity index (χ3v) is 2.15.